The summed E-state index contributed by atoms with van der Waals surface area (Å²) in [4.78, 5) is 2.39. The summed E-state index contributed by atoms with van der Waals surface area (Å²) in [6.07, 6.45) is 0. The average Bonchev–Trinajstić information content (AvgIpc) is 3.91. The molecule has 0 saturated carbocycles. The Morgan fingerprint density at radius 1 is 0.333 bits per heavy atom. The van der Waals surface area contributed by atoms with Crippen molar-refractivity contribution in [2.75, 3.05) is 4.90 Å². The van der Waals surface area contributed by atoms with Crippen molar-refractivity contribution in [1.29, 1.82) is 0 Å². The molecule has 0 fully saturated rings. The molecule has 1 aromatic heterocycles. The predicted octanol–water partition coefficient (Wildman–Crippen LogP) is 14.7. The Bertz CT molecular complexity index is 3030. The third-order valence-corrected chi connectivity index (χ3v) is 12.3. The van der Waals surface area contributed by atoms with Gasteiger partial charge in [-0.05, 0) is 104 Å². The van der Waals surface area contributed by atoms with E-state index in [1.54, 1.807) is 0 Å². The number of para-hydroxylation sites is 1. The van der Waals surface area contributed by atoms with Crippen LogP contribution in [0.3, 0.4) is 0 Å². The summed E-state index contributed by atoms with van der Waals surface area (Å²) in [5.74, 6) is 0. The summed E-state index contributed by atoms with van der Waals surface area (Å²) in [5, 5.41) is 2.28. The zero-order valence-electron chi connectivity index (χ0n) is 31.1. The Labute approximate surface area is 331 Å². The van der Waals surface area contributed by atoms with Crippen molar-refractivity contribution >= 4 is 39.0 Å². The van der Waals surface area contributed by atoms with Crippen LogP contribution in [0.15, 0.2) is 217 Å². The zero-order valence-corrected chi connectivity index (χ0v) is 31.1. The molecule has 1 spiro atoms. The topological polar surface area (TPSA) is 16.4 Å². The number of rotatable bonds is 5. The van der Waals surface area contributed by atoms with Gasteiger partial charge in [0.15, 0.2) is 0 Å². The van der Waals surface area contributed by atoms with Gasteiger partial charge in [-0.25, -0.2) is 0 Å². The molecule has 0 bridgehead atoms. The van der Waals surface area contributed by atoms with Crippen LogP contribution in [0.1, 0.15) is 22.3 Å². The van der Waals surface area contributed by atoms with E-state index in [-0.39, 0.29) is 0 Å². The fourth-order valence-electron chi connectivity index (χ4n) is 9.85. The van der Waals surface area contributed by atoms with Crippen LogP contribution < -0.4 is 4.90 Å². The lowest BCUT2D eigenvalue weighted by atomic mass is 9.70. The van der Waals surface area contributed by atoms with Gasteiger partial charge in [0, 0.05) is 33.4 Å². The molecule has 57 heavy (non-hydrogen) atoms. The van der Waals surface area contributed by atoms with Crippen LogP contribution in [0.4, 0.5) is 17.1 Å². The molecule has 0 unspecified atom stereocenters. The van der Waals surface area contributed by atoms with E-state index in [2.05, 4.69) is 217 Å². The van der Waals surface area contributed by atoms with Crippen molar-refractivity contribution in [3.8, 4) is 44.5 Å². The average molecular weight is 726 g/mol. The molecule has 0 amide bonds. The van der Waals surface area contributed by atoms with E-state index in [1.165, 1.54) is 66.8 Å². The predicted molar refractivity (Wildman–Crippen MR) is 236 cm³/mol. The highest BCUT2D eigenvalue weighted by molar-refractivity contribution is 6.13. The van der Waals surface area contributed by atoms with Gasteiger partial charge < -0.3 is 9.32 Å². The first-order valence-corrected chi connectivity index (χ1v) is 19.7. The van der Waals surface area contributed by atoms with Gasteiger partial charge in [0.25, 0.3) is 0 Å². The fraction of sp³-hybridized carbons (Fsp3) is 0.0182. The second-order valence-electron chi connectivity index (χ2n) is 15.2. The largest absolute Gasteiger partial charge is 0.455 e. The highest BCUT2D eigenvalue weighted by Gasteiger charge is 2.52. The number of anilines is 3. The van der Waals surface area contributed by atoms with E-state index in [0.29, 0.717) is 0 Å². The summed E-state index contributed by atoms with van der Waals surface area (Å²) < 4.78 is 6.90. The van der Waals surface area contributed by atoms with Gasteiger partial charge in [0.2, 0.25) is 0 Å². The lowest BCUT2D eigenvalue weighted by Gasteiger charge is -2.31. The van der Waals surface area contributed by atoms with Crippen LogP contribution in [0.5, 0.6) is 0 Å². The minimum Gasteiger partial charge on any atom is -0.455 e. The smallest absolute Gasteiger partial charge is 0.143 e. The molecule has 9 aromatic carbocycles. The van der Waals surface area contributed by atoms with Crippen LogP contribution in [0, 0.1) is 0 Å². The van der Waals surface area contributed by atoms with Crippen molar-refractivity contribution < 1.29 is 4.42 Å². The Hall–Kier alpha value is -7.42. The van der Waals surface area contributed by atoms with Crippen LogP contribution in [0.2, 0.25) is 0 Å². The monoisotopic (exact) mass is 725 g/mol. The molecular weight excluding hydrogens is 691 g/mol. The third-order valence-electron chi connectivity index (χ3n) is 12.3. The van der Waals surface area contributed by atoms with Crippen molar-refractivity contribution in [3.05, 3.63) is 235 Å². The Kier molecular flexibility index (Phi) is 6.88. The molecule has 0 radical (unpaired) electrons. The van der Waals surface area contributed by atoms with E-state index >= 15 is 0 Å². The van der Waals surface area contributed by atoms with Crippen molar-refractivity contribution in [3.63, 3.8) is 0 Å². The van der Waals surface area contributed by atoms with Crippen molar-refractivity contribution in [2.45, 2.75) is 5.41 Å². The third kappa shape index (κ3) is 4.59. The summed E-state index contributed by atoms with van der Waals surface area (Å²) in [6, 6.07) is 77.3. The molecule has 12 rings (SSSR count). The fourth-order valence-corrected chi connectivity index (χ4v) is 9.85. The second kappa shape index (κ2) is 12.3. The van der Waals surface area contributed by atoms with E-state index in [9.17, 15) is 0 Å². The summed E-state index contributed by atoms with van der Waals surface area (Å²) in [6.45, 7) is 0. The zero-order chi connectivity index (χ0) is 37.5. The minimum atomic E-state index is -0.483. The van der Waals surface area contributed by atoms with E-state index in [4.69, 9.17) is 4.42 Å². The number of hydrogen-bond donors (Lipinski definition) is 0. The molecule has 10 aromatic rings. The molecule has 0 aliphatic heterocycles. The van der Waals surface area contributed by atoms with Crippen LogP contribution in [-0.2, 0) is 5.41 Å². The Morgan fingerprint density at radius 2 is 0.807 bits per heavy atom. The maximum absolute atomic E-state index is 6.90. The van der Waals surface area contributed by atoms with E-state index in [1.807, 2.05) is 0 Å². The van der Waals surface area contributed by atoms with Crippen molar-refractivity contribution in [2.24, 2.45) is 0 Å². The van der Waals surface area contributed by atoms with Crippen molar-refractivity contribution in [1.82, 2.24) is 0 Å². The normalized spacial score (nSPS) is 13.1. The molecule has 0 atom stereocenters. The molecule has 2 aliphatic carbocycles. The number of fused-ring (bicyclic) bond motifs is 14. The van der Waals surface area contributed by atoms with Gasteiger partial charge in [-0.1, -0.05) is 170 Å². The summed E-state index contributed by atoms with van der Waals surface area (Å²) in [7, 11) is 0. The molecule has 0 N–H and O–H groups in total. The Morgan fingerprint density at radius 3 is 1.42 bits per heavy atom. The maximum Gasteiger partial charge on any atom is 0.143 e. The summed E-state index contributed by atoms with van der Waals surface area (Å²) >= 11 is 0. The van der Waals surface area contributed by atoms with Gasteiger partial charge in [0.1, 0.15) is 11.2 Å². The first kappa shape index (κ1) is 31.9. The SMILES string of the molecule is c1ccc(-c2ccc(N(c3ccc(-c4ccccc4)cc3)c3ccc4c(c3)-c3c(ccc5c3oc3ccccc35)C43c4ccccc4-c4ccccc43)cc2)cc1. The quantitative estimate of drug-likeness (QED) is 0.176. The number of nitrogens with zero attached hydrogens (tertiary/aromatic N) is 1. The number of hydrogen-bond acceptors (Lipinski definition) is 2. The number of furan rings is 1. The highest BCUT2D eigenvalue weighted by Crippen LogP contribution is 2.64. The van der Waals surface area contributed by atoms with Crippen LogP contribution >= 0.6 is 0 Å². The lowest BCUT2D eigenvalue weighted by Crippen LogP contribution is -2.25. The molecule has 0 saturated heterocycles. The molecule has 2 nitrogen and oxygen atoms in total. The summed E-state index contributed by atoms with van der Waals surface area (Å²) in [5.41, 5.74) is 19.6. The molecule has 2 heteroatoms. The van der Waals surface area contributed by atoms with Gasteiger partial charge in [0.05, 0.1) is 5.41 Å². The first-order valence-electron chi connectivity index (χ1n) is 19.7. The van der Waals surface area contributed by atoms with E-state index < -0.39 is 5.41 Å². The lowest BCUT2D eigenvalue weighted by molar-refractivity contribution is 0.669. The van der Waals surface area contributed by atoms with Crippen LogP contribution in [-0.4, -0.2) is 0 Å². The molecule has 266 valence electrons. The van der Waals surface area contributed by atoms with E-state index in [0.717, 1.165) is 39.0 Å². The first-order chi connectivity index (χ1) is 28.3. The molecule has 1 heterocycles. The molecular formula is C55H35NO. The Balaban J connectivity index is 1.11. The number of benzene rings is 9. The highest BCUT2D eigenvalue weighted by atomic mass is 16.3. The minimum absolute atomic E-state index is 0.483. The standard InChI is InChI=1S/C55H35NO/c1-3-13-36(14-4-1)38-23-27-40(28-24-38)56(41-29-25-39(26-30-41)37-15-5-2-6-16-37)42-31-33-50-47(35-42)53-51(34-32-46-45-19-9-12-22-52(45)57-54(46)53)55(50)48-20-10-7-17-43(48)44-18-8-11-21-49(44)55/h1-35H. The molecule has 2 aliphatic rings. The van der Waals surface area contributed by atoms with Gasteiger partial charge in [-0.15, -0.1) is 0 Å². The van der Waals surface area contributed by atoms with Gasteiger partial charge in [-0.2, -0.15) is 0 Å². The maximum atomic E-state index is 6.90. The van der Waals surface area contributed by atoms with Gasteiger partial charge >= 0.3 is 0 Å². The van der Waals surface area contributed by atoms with Crippen LogP contribution in [0.25, 0.3) is 66.4 Å². The second-order valence-corrected chi connectivity index (χ2v) is 15.2. The van der Waals surface area contributed by atoms with Gasteiger partial charge in [-0.3, -0.25) is 0 Å².